The van der Waals surface area contributed by atoms with E-state index in [4.69, 9.17) is 36.6 Å². The minimum Gasteiger partial charge on any atom is -1.00 e. The molecule has 4 heterocycles. The van der Waals surface area contributed by atoms with Crippen molar-refractivity contribution in [3.05, 3.63) is 0 Å². The minimum atomic E-state index is -1.25. The number of halogens is 1. The first-order valence-electron chi connectivity index (χ1n) is 19.3. The number of esters is 1. The Morgan fingerprint density at radius 1 is 0.729 bits per heavy atom. The number of rotatable bonds is 20. The molecule has 4 rings (SSSR count). The van der Waals surface area contributed by atoms with E-state index >= 15 is 0 Å². The third-order valence-electron chi connectivity index (χ3n) is 9.68. The normalized spacial score (nSPS) is 29.1. The molecule has 4 saturated heterocycles. The van der Waals surface area contributed by atoms with E-state index in [9.17, 15) is 45.3 Å². The van der Waals surface area contributed by atoms with Gasteiger partial charge in [-0.05, 0) is 57.9 Å². The molecule has 0 aliphatic carbocycles. The number of carboxylic acid groups (broad SMARTS) is 1. The quantitative estimate of drug-likeness (QED) is 0.00803. The molecule has 0 aromatic carbocycles. The van der Waals surface area contributed by atoms with E-state index in [1.54, 1.807) is 9.80 Å². The van der Waals surface area contributed by atoms with Gasteiger partial charge in [0.25, 0.3) is 6.47 Å². The summed E-state index contributed by atoms with van der Waals surface area (Å²) in [5, 5.41) is 94.7. The fourth-order valence-corrected chi connectivity index (χ4v) is 12.7. The Labute approximate surface area is 455 Å². The standard InChI is InChI=1S/C17H31NO6S2.C9H18ClNO4.C8H14O2S2.CH2O3.2K.H/c19-11-13-16(22)17(23)14(20)10-18(13)7-3-8-24-15(21)5-2-1-4-12-6-9-25-26-12;10-2-1-3-11-4-7(13)9(15)8(14)6(11)5-12;9-8(10)4-2-1-3-7-5-6-11-12-7;2-1-4-3;;;/h12-14,16-17,19-20,22-23H,1-11H2;6-9,12-15H,1-5H2;7H,1-6H2,(H,9,10);1,3H;;;/q;;;;2*+1;-1/p-1/t12-,13?,14?,16-,17-;6-,7+,8-,9-;7-;;;;/m111..../s1. The SMILES string of the molecule is O=C(CCCC[C@@H]1CCSS1)OCCCN1CC(O)[C@@H](O)[C@H](O)C1CO.O=C(O)CCCC[C@@H]1CCSS1.O=CO[O-].OC[C@@H]1[C@@H](O)[C@H](O)[C@@H](O)CN1CCCCl.[H-].[K+].[K+]. The number of likely N-dealkylation sites (tertiary alicyclic amines) is 2. The van der Waals surface area contributed by atoms with Gasteiger partial charge in [-0.2, -0.15) is 0 Å². The zero-order chi connectivity index (χ0) is 42.6. The van der Waals surface area contributed by atoms with Crippen molar-refractivity contribution in [2.24, 2.45) is 0 Å². The van der Waals surface area contributed by atoms with Crippen LogP contribution in [0.25, 0.3) is 0 Å². The average molecular weight is 996 g/mol. The van der Waals surface area contributed by atoms with Crippen molar-refractivity contribution >= 4 is 73.2 Å². The summed E-state index contributed by atoms with van der Waals surface area (Å²) in [4.78, 5) is 36.7. The maximum Gasteiger partial charge on any atom is 1.00 e. The minimum absolute atomic E-state index is 0. The molecule has 9 N–H and O–H groups in total. The van der Waals surface area contributed by atoms with E-state index in [2.05, 4.69) is 4.89 Å². The van der Waals surface area contributed by atoms with Crippen molar-refractivity contribution in [3.8, 4) is 0 Å². The van der Waals surface area contributed by atoms with E-state index < -0.39 is 54.7 Å². The van der Waals surface area contributed by atoms with Crippen LogP contribution in [0, 0.1) is 0 Å². The molecular formula is C35H65ClK2N2O15S4. The molecule has 0 aromatic heterocycles. The molecule has 2 unspecified atom stereocenters. The number of aliphatic hydroxyl groups is 8. The number of hydrogen-bond acceptors (Lipinski definition) is 20. The molecule has 17 nitrogen and oxygen atoms in total. The number of unbranched alkanes of at least 4 members (excludes halogenated alkanes) is 2. The number of alkyl halides is 1. The molecule has 0 aromatic rings. The van der Waals surface area contributed by atoms with Gasteiger partial charge < -0.3 is 62.3 Å². The van der Waals surface area contributed by atoms with E-state index in [0.717, 1.165) is 36.2 Å². The molecule has 4 aliphatic rings. The second-order valence-electron chi connectivity index (χ2n) is 13.9. The molecule has 0 bridgehead atoms. The van der Waals surface area contributed by atoms with Gasteiger partial charge in [-0.3, -0.25) is 24.2 Å². The Kier molecular flexibility index (Phi) is 43.4. The Bertz CT molecular complexity index is 1080. The van der Waals surface area contributed by atoms with Crippen molar-refractivity contribution in [1.29, 1.82) is 0 Å². The number of nitrogens with zero attached hydrogens (tertiary/aromatic N) is 2. The number of β-amino-alcohol motifs (C(OH)–C–C–N with tert-alkyl or cyclic N) is 2. The number of hydrogen-bond donors (Lipinski definition) is 9. The predicted octanol–water partition coefficient (Wildman–Crippen LogP) is -5.89. The van der Waals surface area contributed by atoms with Crippen LogP contribution >= 0.6 is 54.8 Å². The molecule has 0 radical (unpaired) electrons. The van der Waals surface area contributed by atoms with Gasteiger partial charge in [0.2, 0.25) is 0 Å². The molecule has 24 heteroatoms. The van der Waals surface area contributed by atoms with Crippen LogP contribution in [0.3, 0.4) is 0 Å². The molecule has 59 heavy (non-hydrogen) atoms. The number of carbonyl (C=O) groups excluding carboxylic acids is 2. The number of piperidine rings is 2. The third kappa shape index (κ3) is 28.0. The van der Waals surface area contributed by atoms with Crippen LogP contribution in [0.4, 0.5) is 0 Å². The molecule has 0 spiro atoms. The first-order valence-corrected chi connectivity index (χ1v) is 24.6. The number of ether oxygens (including phenoxy) is 1. The monoisotopic (exact) mass is 994 g/mol. The number of carboxylic acids is 1. The van der Waals surface area contributed by atoms with Gasteiger partial charge in [0.1, 0.15) is 24.4 Å². The molecule has 0 saturated carbocycles. The van der Waals surface area contributed by atoms with Gasteiger partial charge in [0, 0.05) is 60.4 Å². The smallest absolute Gasteiger partial charge is 1.00 e. The third-order valence-corrected chi connectivity index (χ3v) is 16.0. The van der Waals surface area contributed by atoms with Crippen LogP contribution in [0.1, 0.15) is 78.5 Å². The van der Waals surface area contributed by atoms with Crippen molar-refractivity contribution < 1.29 is 179 Å². The maximum absolute atomic E-state index is 11.8. The second-order valence-corrected chi connectivity index (χ2v) is 19.9. The van der Waals surface area contributed by atoms with Crippen molar-refractivity contribution in [2.45, 2.75) is 136 Å². The predicted molar refractivity (Wildman–Crippen MR) is 222 cm³/mol. The van der Waals surface area contributed by atoms with Crippen LogP contribution in [0.5, 0.6) is 0 Å². The van der Waals surface area contributed by atoms with Gasteiger partial charge in [0.15, 0.2) is 0 Å². The van der Waals surface area contributed by atoms with E-state index in [1.165, 1.54) is 37.2 Å². The van der Waals surface area contributed by atoms with Gasteiger partial charge in [-0.25, -0.2) is 0 Å². The Morgan fingerprint density at radius 2 is 1.17 bits per heavy atom. The summed E-state index contributed by atoms with van der Waals surface area (Å²) in [6, 6.07) is -1.14. The summed E-state index contributed by atoms with van der Waals surface area (Å²) in [6.07, 6.45) is 4.05. The molecule has 338 valence electrons. The molecule has 4 fully saturated rings. The number of carbonyl (C=O) groups is 3. The van der Waals surface area contributed by atoms with Crippen molar-refractivity contribution in [2.75, 3.05) is 63.4 Å². The fraction of sp³-hybridized carbons (Fsp3) is 0.914. The van der Waals surface area contributed by atoms with Gasteiger partial charge in [-0.15, -0.1) is 11.6 Å². The van der Waals surface area contributed by atoms with E-state index in [1.807, 2.05) is 43.2 Å². The largest absolute Gasteiger partial charge is 1.00 e. The summed E-state index contributed by atoms with van der Waals surface area (Å²) in [5.41, 5.74) is 0. The summed E-state index contributed by atoms with van der Waals surface area (Å²) in [7, 11) is 7.81. The van der Waals surface area contributed by atoms with Gasteiger partial charge in [0.05, 0.1) is 44.1 Å². The van der Waals surface area contributed by atoms with Crippen molar-refractivity contribution in [1.82, 2.24) is 9.80 Å². The van der Waals surface area contributed by atoms with E-state index in [0.29, 0.717) is 44.7 Å². The van der Waals surface area contributed by atoms with Gasteiger partial charge >= 0.3 is 115 Å². The Balaban J connectivity index is -0.000000816. The summed E-state index contributed by atoms with van der Waals surface area (Å²) < 4.78 is 5.24. The first-order chi connectivity index (χ1) is 27.3. The summed E-state index contributed by atoms with van der Waals surface area (Å²) >= 11 is 5.55. The van der Waals surface area contributed by atoms with Crippen LogP contribution in [-0.4, -0.2) is 197 Å². The summed E-state index contributed by atoms with van der Waals surface area (Å²) in [5.74, 6) is 2.14. The second kappa shape index (κ2) is 40.0. The maximum atomic E-state index is 11.8. The molecule has 0 amide bonds. The molecule has 4 aliphatic heterocycles. The zero-order valence-electron chi connectivity index (χ0n) is 35.3. The molecule has 10 atom stereocenters. The number of aliphatic hydroxyl groups excluding tert-OH is 8. The van der Waals surface area contributed by atoms with Crippen molar-refractivity contribution in [3.63, 3.8) is 0 Å². The van der Waals surface area contributed by atoms with E-state index in [-0.39, 0.29) is 150 Å². The topological polar surface area (TPSA) is 281 Å². The number of aliphatic carboxylic acids is 1. The Hall–Kier alpha value is 2.93. The first kappa shape index (κ1) is 64.0. The van der Waals surface area contributed by atoms with Crippen LogP contribution in [-0.2, 0) is 24.0 Å². The fourth-order valence-electron chi connectivity index (χ4n) is 6.48. The van der Waals surface area contributed by atoms with Crippen LogP contribution in [0.15, 0.2) is 0 Å². The van der Waals surface area contributed by atoms with Gasteiger partial charge in [-0.1, -0.05) is 56.0 Å². The van der Waals surface area contributed by atoms with Crippen LogP contribution < -0.4 is 108 Å². The summed E-state index contributed by atoms with van der Waals surface area (Å²) in [6.45, 7) is 1.04. The van der Waals surface area contributed by atoms with Crippen LogP contribution in [0.2, 0.25) is 0 Å². The average Bonchev–Trinajstić information content (AvgIpc) is 3.93. The zero-order valence-corrected chi connectivity index (χ0v) is 44.6. The molecular weight excluding hydrogens is 930 g/mol. The Morgan fingerprint density at radius 3 is 1.54 bits per heavy atom.